The maximum Gasteiger partial charge on any atom is 0.225 e. The first-order chi connectivity index (χ1) is 8.50. The van der Waals surface area contributed by atoms with Gasteiger partial charge >= 0.3 is 0 Å². The van der Waals surface area contributed by atoms with Gasteiger partial charge in [-0.05, 0) is 26.7 Å². The van der Waals surface area contributed by atoms with Crippen LogP contribution in [0, 0.1) is 5.92 Å². The molecule has 0 aromatic heterocycles. The van der Waals surface area contributed by atoms with Gasteiger partial charge in [0.2, 0.25) is 5.91 Å². The summed E-state index contributed by atoms with van der Waals surface area (Å²) < 4.78 is 10.9. The van der Waals surface area contributed by atoms with Crippen LogP contribution >= 0.6 is 0 Å². The van der Waals surface area contributed by atoms with Crippen molar-refractivity contribution in [2.24, 2.45) is 5.92 Å². The number of carbonyl (C=O) groups excluding carboxylic acids is 1. The third-order valence-corrected chi connectivity index (χ3v) is 4.34. The summed E-state index contributed by atoms with van der Waals surface area (Å²) in [4.78, 5) is 14.6. The number of hydrogen-bond acceptors (Lipinski definition) is 3. The quantitative estimate of drug-likeness (QED) is 0.699. The highest BCUT2D eigenvalue weighted by Crippen LogP contribution is 2.34. The highest BCUT2D eigenvalue weighted by Gasteiger charge is 2.47. The van der Waals surface area contributed by atoms with E-state index >= 15 is 0 Å². The molecule has 1 saturated carbocycles. The minimum absolute atomic E-state index is 0.0977. The molecule has 3 fully saturated rings. The molecular formula is C14H23NO3. The normalized spacial score (nSPS) is 38.8. The van der Waals surface area contributed by atoms with Gasteiger partial charge in [0.1, 0.15) is 11.2 Å². The van der Waals surface area contributed by atoms with Gasteiger partial charge in [0, 0.05) is 5.92 Å². The summed E-state index contributed by atoms with van der Waals surface area (Å²) in [6.07, 6.45) is 4.52. The monoisotopic (exact) mass is 253 g/mol. The van der Waals surface area contributed by atoms with Crippen molar-refractivity contribution in [3.05, 3.63) is 0 Å². The molecule has 0 spiro atoms. The molecule has 3 aliphatic rings. The highest BCUT2D eigenvalue weighted by molar-refractivity contribution is 5.79. The van der Waals surface area contributed by atoms with Crippen LogP contribution in [0.5, 0.6) is 0 Å². The molecule has 0 radical (unpaired) electrons. The molecule has 18 heavy (non-hydrogen) atoms. The largest absolute Gasteiger partial charge is 0.368 e. The molecule has 102 valence electrons. The molecule has 4 nitrogen and oxygen atoms in total. The molecule has 2 atom stereocenters. The van der Waals surface area contributed by atoms with E-state index in [4.69, 9.17) is 9.47 Å². The Morgan fingerprint density at radius 1 is 1.11 bits per heavy atom. The molecule has 2 unspecified atom stereocenters. The van der Waals surface area contributed by atoms with Gasteiger partial charge in [0.05, 0.1) is 26.3 Å². The van der Waals surface area contributed by atoms with E-state index < -0.39 is 0 Å². The Hall–Kier alpha value is -0.610. The van der Waals surface area contributed by atoms with Crippen LogP contribution in [0.15, 0.2) is 0 Å². The first-order valence-corrected chi connectivity index (χ1v) is 7.07. The second kappa shape index (κ2) is 4.20. The molecule has 2 saturated heterocycles. The fourth-order valence-electron chi connectivity index (χ4n) is 2.88. The summed E-state index contributed by atoms with van der Waals surface area (Å²) in [5, 5.41) is 0. The van der Waals surface area contributed by atoms with Crippen LogP contribution in [0.3, 0.4) is 0 Å². The standard InChI is InChI=1S/C14H23NO3/c1-13(9-17-13)7-15(8-14(2)10-18-14)12(16)11-5-3-4-6-11/h11H,3-10H2,1-2H3. The summed E-state index contributed by atoms with van der Waals surface area (Å²) in [5.41, 5.74) is -0.195. The van der Waals surface area contributed by atoms with Gasteiger partial charge in [-0.15, -0.1) is 0 Å². The van der Waals surface area contributed by atoms with Crippen LogP contribution < -0.4 is 0 Å². The average molecular weight is 253 g/mol. The number of nitrogens with zero attached hydrogens (tertiary/aromatic N) is 1. The number of epoxide rings is 2. The van der Waals surface area contributed by atoms with Crippen molar-refractivity contribution in [3.8, 4) is 0 Å². The van der Waals surface area contributed by atoms with Gasteiger partial charge in [-0.2, -0.15) is 0 Å². The highest BCUT2D eigenvalue weighted by atomic mass is 16.6. The molecule has 3 rings (SSSR count). The van der Waals surface area contributed by atoms with Crippen molar-refractivity contribution in [1.82, 2.24) is 4.90 Å². The first-order valence-electron chi connectivity index (χ1n) is 7.07. The molecule has 0 aromatic rings. The van der Waals surface area contributed by atoms with E-state index in [1.165, 1.54) is 12.8 Å². The fraction of sp³-hybridized carbons (Fsp3) is 0.929. The van der Waals surface area contributed by atoms with E-state index in [2.05, 4.69) is 13.8 Å². The predicted molar refractivity (Wildman–Crippen MR) is 67.3 cm³/mol. The lowest BCUT2D eigenvalue weighted by molar-refractivity contribution is -0.137. The lowest BCUT2D eigenvalue weighted by Gasteiger charge is -2.28. The van der Waals surface area contributed by atoms with E-state index in [0.29, 0.717) is 5.91 Å². The summed E-state index contributed by atoms with van der Waals surface area (Å²) in [6.45, 7) is 7.16. The molecule has 2 aliphatic heterocycles. The number of ether oxygens (including phenoxy) is 2. The van der Waals surface area contributed by atoms with E-state index in [1.807, 2.05) is 4.90 Å². The second-order valence-corrected chi connectivity index (χ2v) is 6.65. The van der Waals surface area contributed by atoms with Crippen LogP contribution in [-0.2, 0) is 14.3 Å². The first kappa shape index (κ1) is 12.4. The number of hydrogen-bond donors (Lipinski definition) is 0. The van der Waals surface area contributed by atoms with Crippen molar-refractivity contribution < 1.29 is 14.3 Å². The van der Waals surface area contributed by atoms with Crippen LogP contribution in [0.25, 0.3) is 0 Å². The molecule has 0 aromatic carbocycles. The van der Waals surface area contributed by atoms with Crippen molar-refractivity contribution in [3.63, 3.8) is 0 Å². The van der Waals surface area contributed by atoms with Crippen molar-refractivity contribution >= 4 is 5.91 Å². The Bertz CT molecular complexity index is 321. The van der Waals surface area contributed by atoms with Gasteiger partial charge in [-0.1, -0.05) is 12.8 Å². The molecule has 0 bridgehead atoms. The third-order valence-electron chi connectivity index (χ3n) is 4.34. The maximum absolute atomic E-state index is 12.6. The van der Waals surface area contributed by atoms with Crippen molar-refractivity contribution in [2.75, 3.05) is 26.3 Å². The smallest absolute Gasteiger partial charge is 0.225 e. The molecule has 1 amide bonds. The molecule has 0 N–H and O–H groups in total. The number of rotatable bonds is 5. The van der Waals surface area contributed by atoms with E-state index in [9.17, 15) is 4.79 Å². The van der Waals surface area contributed by atoms with Gasteiger partial charge in [0.15, 0.2) is 0 Å². The van der Waals surface area contributed by atoms with Gasteiger partial charge in [-0.3, -0.25) is 4.79 Å². The predicted octanol–water partition coefficient (Wildman–Crippen LogP) is 1.58. The van der Waals surface area contributed by atoms with E-state index in [1.54, 1.807) is 0 Å². The van der Waals surface area contributed by atoms with Crippen LogP contribution in [0.4, 0.5) is 0 Å². The number of carbonyl (C=O) groups is 1. The topological polar surface area (TPSA) is 45.4 Å². The molecule has 4 heteroatoms. The van der Waals surface area contributed by atoms with Gasteiger partial charge < -0.3 is 14.4 Å². The summed E-state index contributed by atoms with van der Waals surface area (Å²) >= 11 is 0. The van der Waals surface area contributed by atoms with Crippen molar-refractivity contribution in [1.29, 1.82) is 0 Å². The average Bonchev–Trinajstić information content (AvgIpc) is 3.16. The SMILES string of the molecule is CC1(CN(CC2(C)CO2)C(=O)C2CCCC2)CO1. The van der Waals surface area contributed by atoms with Gasteiger partial charge in [0.25, 0.3) is 0 Å². The fourth-order valence-corrected chi connectivity index (χ4v) is 2.88. The second-order valence-electron chi connectivity index (χ2n) is 6.65. The third kappa shape index (κ3) is 2.69. The molecule has 2 heterocycles. The zero-order valence-electron chi connectivity index (χ0n) is 11.4. The summed E-state index contributed by atoms with van der Waals surface area (Å²) in [7, 11) is 0. The van der Waals surface area contributed by atoms with Crippen LogP contribution in [0.2, 0.25) is 0 Å². The Morgan fingerprint density at radius 2 is 1.56 bits per heavy atom. The van der Waals surface area contributed by atoms with Crippen molar-refractivity contribution in [2.45, 2.75) is 50.7 Å². The lowest BCUT2D eigenvalue weighted by atomic mass is 10.0. The maximum atomic E-state index is 12.6. The van der Waals surface area contributed by atoms with Crippen LogP contribution in [-0.4, -0.2) is 48.3 Å². The number of amides is 1. The minimum atomic E-state index is -0.0977. The summed E-state index contributed by atoms with van der Waals surface area (Å²) in [6, 6.07) is 0. The Morgan fingerprint density at radius 3 is 1.94 bits per heavy atom. The summed E-state index contributed by atoms with van der Waals surface area (Å²) in [5.74, 6) is 0.565. The van der Waals surface area contributed by atoms with Crippen LogP contribution in [0.1, 0.15) is 39.5 Å². The molecular weight excluding hydrogens is 230 g/mol. The zero-order chi connectivity index (χ0) is 12.8. The van der Waals surface area contributed by atoms with Gasteiger partial charge in [-0.25, -0.2) is 0 Å². The molecule has 1 aliphatic carbocycles. The van der Waals surface area contributed by atoms with E-state index in [0.717, 1.165) is 39.1 Å². The van der Waals surface area contributed by atoms with E-state index in [-0.39, 0.29) is 17.1 Å². The Labute approximate surface area is 109 Å². The minimum Gasteiger partial charge on any atom is -0.368 e. The Balaban J connectivity index is 1.65. The Kier molecular flexibility index (Phi) is 2.90. The lowest BCUT2D eigenvalue weighted by Crippen LogP contribution is -2.45. The zero-order valence-corrected chi connectivity index (χ0v) is 11.4.